The van der Waals surface area contributed by atoms with E-state index in [2.05, 4.69) is 0 Å². The zero-order valence-electron chi connectivity index (χ0n) is 10.3. The summed E-state index contributed by atoms with van der Waals surface area (Å²) < 4.78 is 5.18. The molecule has 4 heteroatoms. The van der Waals surface area contributed by atoms with Crippen LogP contribution in [0.5, 0.6) is 0 Å². The molecule has 0 bridgehead atoms. The van der Waals surface area contributed by atoms with Crippen molar-refractivity contribution in [2.24, 2.45) is 5.73 Å². The van der Waals surface area contributed by atoms with Gasteiger partial charge in [0.2, 0.25) is 0 Å². The van der Waals surface area contributed by atoms with Crippen LogP contribution in [-0.2, 0) is 0 Å². The summed E-state index contributed by atoms with van der Waals surface area (Å²) in [4.78, 5) is 14.2. The molecule has 1 amide bonds. The van der Waals surface area contributed by atoms with Gasteiger partial charge in [0.05, 0.1) is 6.26 Å². The smallest absolute Gasteiger partial charge is 0.289 e. The fourth-order valence-electron chi connectivity index (χ4n) is 2.48. The predicted molar refractivity (Wildman–Crippen MR) is 65.6 cm³/mol. The summed E-state index contributed by atoms with van der Waals surface area (Å²) in [6.45, 7) is 2.81. The van der Waals surface area contributed by atoms with Gasteiger partial charge in [-0.15, -0.1) is 0 Å². The minimum atomic E-state index is 0.000324. The molecule has 2 N–H and O–H groups in total. The average Bonchev–Trinajstić information content (AvgIpc) is 2.81. The van der Waals surface area contributed by atoms with Crippen LogP contribution in [0.3, 0.4) is 0 Å². The number of furan rings is 1. The molecule has 4 nitrogen and oxygen atoms in total. The molecule has 2 atom stereocenters. The van der Waals surface area contributed by atoms with Gasteiger partial charge >= 0.3 is 0 Å². The third-order valence-electron chi connectivity index (χ3n) is 3.26. The molecule has 1 aromatic heterocycles. The number of nitrogens with zero attached hydrogens (tertiary/aromatic N) is 1. The molecule has 0 radical (unpaired) electrons. The van der Waals surface area contributed by atoms with E-state index in [1.54, 1.807) is 12.1 Å². The third-order valence-corrected chi connectivity index (χ3v) is 3.26. The van der Waals surface area contributed by atoms with E-state index in [1.165, 1.54) is 12.7 Å². The van der Waals surface area contributed by atoms with E-state index in [4.69, 9.17) is 10.2 Å². The number of amides is 1. The highest BCUT2D eigenvalue weighted by Gasteiger charge is 2.29. The number of piperidine rings is 1. The van der Waals surface area contributed by atoms with Crippen LogP contribution in [0.1, 0.15) is 43.2 Å². The van der Waals surface area contributed by atoms with Gasteiger partial charge in [0.1, 0.15) is 0 Å². The second kappa shape index (κ2) is 5.36. The zero-order valence-corrected chi connectivity index (χ0v) is 10.3. The Morgan fingerprint density at radius 2 is 2.47 bits per heavy atom. The Labute approximate surface area is 102 Å². The van der Waals surface area contributed by atoms with Crippen LogP contribution in [0.25, 0.3) is 0 Å². The van der Waals surface area contributed by atoms with Crippen LogP contribution in [-0.4, -0.2) is 29.4 Å². The Balaban J connectivity index is 2.08. The lowest BCUT2D eigenvalue weighted by Crippen LogP contribution is -2.45. The van der Waals surface area contributed by atoms with Crippen molar-refractivity contribution in [1.82, 2.24) is 4.90 Å². The number of hydrogen-bond acceptors (Lipinski definition) is 3. The SMILES string of the molecule is CC(N)CC1CCCCN1C(=O)c1ccco1. The van der Waals surface area contributed by atoms with Crippen LogP contribution in [0.2, 0.25) is 0 Å². The maximum atomic E-state index is 12.2. The van der Waals surface area contributed by atoms with Crippen LogP contribution >= 0.6 is 0 Å². The second-order valence-electron chi connectivity index (χ2n) is 4.84. The minimum absolute atomic E-state index is 0.000324. The third kappa shape index (κ3) is 2.88. The molecule has 94 valence electrons. The van der Waals surface area contributed by atoms with E-state index in [0.29, 0.717) is 5.76 Å². The highest BCUT2D eigenvalue weighted by atomic mass is 16.3. The number of carbonyl (C=O) groups excluding carboxylic acids is 1. The molecule has 0 spiro atoms. The fraction of sp³-hybridized carbons (Fsp3) is 0.615. The summed E-state index contributed by atoms with van der Waals surface area (Å²) in [7, 11) is 0. The van der Waals surface area contributed by atoms with Crippen LogP contribution in [0, 0.1) is 0 Å². The van der Waals surface area contributed by atoms with Gasteiger partial charge in [0.15, 0.2) is 5.76 Å². The molecule has 2 heterocycles. The zero-order chi connectivity index (χ0) is 12.3. The van der Waals surface area contributed by atoms with Gasteiger partial charge in [-0.2, -0.15) is 0 Å². The van der Waals surface area contributed by atoms with Crippen molar-refractivity contribution >= 4 is 5.91 Å². The van der Waals surface area contributed by atoms with Gasteiger partial charge < -0.3 is 15.1 Å². The fourth-order valence-corrected chi connectivity index (χ4v) is 2.48. The molecule has 1 fully saturated rings. The summed E-state index contributed by atoms with van der Waals surface area (Å²) in [5, 5.41) is 0. The van der Waals surface area contributed by atoms with E-state index < -0.39 is 0 Å². The van der Waals surface area contributed by atoms with Gasteiger partial charge in [-0.05, 0) is 44.7 Å². The first kappa shape index (κ1) is 12.2. The summed E-state index contributed by atoms with van der Waals surface area (Å²) in [5.74, 6) is 0.432. The summed E-state index contributed by atoms with van der Waals surface area (Å²) in [5.41, 5.74) is 5.84. The van der Waals surface area contributed by atoms with Crippen molar-refractivity contribution in [3.8, 4) is 0 Å². The van der Waals surface area contributed by atoms with E-state index in [0.717, 1.165) is 25.8 Å². The van der Waals surface area contributed by atoms with Gasteiger partial charge in [-0.25, -0.2) is 0 Å². The molecular formula is C13H20N2O2. The second-order valence-corrected chi connectivity index (χ2v) is 4.84. The lowest BCUT2D eigenvalue weighted by molar-refractivity contribution is 0.0562. The predicted octanol–water partition coefficient (Wildman–Crippen LogP) is 2.01. The van der Waals surface area contributed by atoms with E-state index in [1.807, 2.05) is 11.8 Å². The summed E-state index contributed by atoms with van der Waals surface area (Å²) >= 11 is 0. The van der Waals surface area contributed by atoms with Gasteiger partial charge in [-0.3, -0.25) is 4.79 Å². The molecule has 1 aliphatic heterocycles. The lowest BCUT2D eigenvalue weighted by atomic mass is 9.96. The molecule has 1 aliphatic rings. The molecule has 1 saturated heterocycles. The van der Waals surface area contributed by atoms with Crippen LogP contribution < -0.4 is 5.73 Å². The number of carbonyl (C=O) groups is 1. The first-order valence-electron chi connectivity index (χ1n) is 6.28. The van der Waals surface area contributed by atoms with Crippen molar-refractivity contribution in [3.63, 3.8) is 0 Å². The Morgan fingerprint density at radius 3 is 3.12 bits per heavy atom. The van der Waals surface area contributed by atoms with Crippen molar-refractivity contribution in [2.75, 3.05) is 6.54 Å². The van der Waals surface area contributed by atoms with Crippen molar-refractivity contribution < 1.29 is 9.21 Å². The summed E-state index contributed by atoms with van der Waals surface area (Å²) in [6, 6.07) is 3.86. The number of nitrogens with two attached hydrogens (primary N) is 1. The number of hydrogen-bond donors (Lipinski definition) is 1. The molecule has 0 aromatic carbocycles. The highest BCUT2D eigenvalue weighted by Crippen LogP contribution is 2.22. The van der Waals surface area contributed by atoms with Crippen molar-refractivity contribution in [1.29, 1.82) is 0 Å². The maximum Gasteiger partial charge on any atom is 0.289 e. The standard InChI is InChI=1S/C13H20N2O2/c1-10(14)9-11-5-2-3-7-15(11)13(16)12-6-4-8-17-12/h4,6,8,10-11H,2-3,5,7,9,14H2,1H3. The molecule has 1 aromatic rings. The van der Waals surface area contributed by atoms with Crippen LogP contribution in [0.4, 0.5) is 0 Å². The van der Waals surface area contributed by atoms with E-state index in [9.17, 15) is 4.79 Å². The Bertz CT molecular complexity index is 360. The van der Waals surface area contributed by atoms with E-state index >= 15 is 0 Å². The van der Waals surface area contributed by atoms with Gasteiger partial charge in [0.25, 0.3) is 5.91 Å². The molecule has 2 rings (SSSR count). The first-order chi connectivity index (χ1) is 8.18. The Morgan fingerprint density at radius 1 is 1.65 bits per heavy atom. The quantitative estimate of drug-likeness (QED) is 0.873. The monoisotopic (exact) mass is 236 g/mol. The molecule has 0 aliphatic carbocycles. The lowest BCUT2D eigenvalue weighted by Gasteiger charge is -2.36. The molecule has 2 unspecified atom stereocenters. The van der Waals surface area contributed by atoms with Gasteiger partial charge in [0, 0.05) is 18.6 Å². The largest absolute Gasteiger partial charge is 0.459 e. The minimum Gasteiger partial charge on any atom is -0.459 e. The Hall–Kier alpha value is -1.29. The molecule has 17 heavy (non-hydrogen) atoms. The topological polar surface area (TPSA) is 59.5 Å². The van der Waals surface area contributed by atoms with Crippen molar-refractivity contribution in [2.45, 2.75) is 44.7 Å². The van der Waals surface area contributed by atoms with Gasteiger partial charge in [-0.1, -0.05) is 0 Å². The Kier molecular flexibility index (Phi) is 3.84. The normalized spacial score (nSPS) is 22.5. The highest BCUT2D eigenvalue weighted by molar-refractivity contribution is 5.91. The average molecular weight is 236 g/mol. The maximum absolute atomic E-state index is 12.2. The molecule has 0 saturated carbocycles. The molecular weight excluding hydrogens is 216 g/mol. The number of rotatable bonds is 3. The van der Waals surface area contributed by atoms with Crippen molar-refractivity contribution in [3.05, 3.63) is 24.2 Å². The van der Waals surface area contributed by atoms with Crippen LogP contribution in [0.15, 0.2) is 22.8 Å². The summed E-state index contributed by atoms with van der Waals surface area (Å²) in [6.07, 6.45) is 5.71. The van der Waals surface area contributed by atoms with E-state index in [-0.39, 0.29) is 18.0 Å². The number of likely N-dealkylation sites (tertiary alicyclic amines) is 1. The first-order valence-corrected chi connectivity index (χ1v) is 6.28.